The van der Waals surface area contributed by atoms with Crippen LogP contribution in [0.4, 0.5) is 0 Å². The number of nitrogens with zero attached hydrogens (tertiary/aromatic N) is 2. The Bertz CT molecular complexity index is 1110. The number of hydrogen-bond donors (Lipinski definition) is 2. The van der Waals surface area contributed by atoms with Crippen molar-refractivity contribution < 1.29 is 4.74 Å². The molecule has 5 nitrogen and oxygen atoms in total. The van der Waals surface area contributed by atoms with Gasteiger partial charge in [-0.2, -0.15) is 0 Å². The molecule has 35 heavy (non-hydrogen) atoms. The summed E-state index contributed by atoms with van der Waals surface area (Å²) in [5.41, 5.74) is 7.84. The highest BCUT2D eigenvalue weighted by Gasteiger charge is 2.20. The molecule has 0 aliphatic carbocycles. The average molecular weight is 469 g/mol. The predicted molar refractivity (Wildman–Crippen MR) is 144 cm³/mol. The molecule has 1 unspecified atom stereocenters. The lowest BCUT2D eigenvalue weighted by molar-refractivity contribution is 0.0342. The fraction of sp³-hybridized carbons (Fsp3) is 0.367. The summed E-state index contributed by atoms with van der Waals surface area (Å²) in [5, 5.41) is 6.60. The van der Waals surface area contributed by atoms with Gasteiger partial charge in [0.25, 0.3) is 0 Å². The molecule has 0 saturated carbocycles. The number of ether oxygens (including phenoxy) is 1. The van der Waals surface area contributed by atoms with E-state index in [0.29, 0.717) is 0 Å². The molecular formula is C30H36N4O. The average Bonchev–Trinajstić information content (AvgIpc) is 2.89. The van der Waals surface area contributed by atoms with E-state index in [4.69, 9.17) is 4.74 Å². The zero-order valence-corrected chi connectivity index (χ0v) is 20.9. The second-order valence-electron chi connectivity index (χ2n) is 9.13. The van der Waals surface area contributed by atoms with Crippen LogP contribution >= 0.6 is 0 Å². The Morgan fingerprint density at radius 3 is 2.29 bits per heavy atom. The highest BCUT2D eigenvalue weighted by molar-refractivity contribution is 5.64. The van der Waals surface area contributed by atoms with Crippen LogP contribution in [0.25, 0.3) is 0 Å². The lowest BCUT2D eigenvalue weighted by Crippen LogP contribution is -2.35. The second kappa shape index (κ2) is 12.5. The molecule has 2 aliphatic heterocycles. The van der Waals surface area contributed by atoms with Crippen molar-refractivity contribution in [1.82, 2.24) is 15.5 Å². The SMILES string of the molecule is C=C1NC=NC(C(CNCC)Cc2ccc(C#Cc3ccc(CN4CCOCC4)cc3)cc2)=C1C. The van der Waals surface area contributed by atoms with E-state index in [0.717, 1.165) is 80.5 Å². The number of hydrogen-bond acceptors (Lipinski definition) is 5. The van der Waals surface area contributed by atoms with Gasteiger partial charge in [-0.05, 0) is 60.9 Å². The van der Waals surface area contributed by atoms with Crippen molar-refractivity contribution in [3.8, 4) is 11.8 Å². The first kappa shape index (κ1) is 24.9. The normalized spacial score (nSPS) is 17.0. The van der Waals surface area contributed by atoms with Gasteiger partial charge in [0, 0.05) is 48.9 Å². The van der Waals surface area contributed by atoms with Crippen LogP contribution in [-0.2, 0) is 17.7 Å². The smallest absolute Gasteiger partial charge is 0.0926 e. The standard InChI is InChI=1S/C30H36N4O/c1-4-31-20-29(30-23(2)24(3)32-22-33-30)19-27-11-7-25(8-12-27)5-6-26-9-13-28(14-10-26)21-34-15-17-35-18-16-34/h7-14,22,29,31H,3-4,15-21H2,1-2H3,(H,32,33). The number of aliphatic imine (C=N–C) groups is 1. The zero-order valence-electron chi connectivity index (χ0n) is 20.9. The van der Waals surface area contributed by atoms with Gasteiger partial charge in [-0.25, -0.2) is 4.99 Å². The number of allylic oxidation sites excluding steroid dienone is 1. The molecule has 1 atom stereocenters. The van der Waals surface area contributed by atoms with Gasteiger partial charge in [-0.15, -0.1) is 0 Å². The summed E-state index contributed by atoms with van der Waals surface area (Å²) in [6.45, 7) is 14.8. The Balaban J connectivity index is 1.38. The number of morpholine rings is 1. The van der Waals surface area contributed by atoms with Crippen molar-refractivity contribution >= 4 is 6.34 Å². The largest absolute Gasteiger partial charge is 0.379 e. The van der Waals surface area contributed by atoms with Gasteiger partial charge in [-0.1, -0.05) is 49.6 Å². The van der Waals surface area contributed by atoms with E-state index in [9.17, 15) is 0 Å². The number of rotatable bonds is 8. The summed E-state index contributed by atoms with van der Waals surface area (Å²) in [6, 6.07) is 17.2. The molecule has 0 radical (unpaired) electrons. The minimum atomic E-state index is 0.290. The molecule has 2 aromatic carbocycles. The summed E-state index contributed by atoms with van der Waals surface area (Å²) in [5.74, 6) is 6.91. The first-order valence-electron chi connectivity index (χ1n) is 12.5. The first-order chi connectivity index (χ1) is 17.1. The third-order valence-electron chi connectivity index (χ3n) is 6.56. The van der Waals surface area contributed by atoms with E-state index >= 15 is 0 Å². The Hall–Kier alpha value is -3.17. The summed E-state index contributed by atoms with van der Waals surface area (Å²) in [7, 11) is 0. The van der Waals surface area contributed by atoms with Gasteiger partial charge in [0.1, 0.15) is 0 Å². The molecule has 2 heterocycles. The van der Waals surface area contributed by atoms with Crippen molar-refractivity contribution in [1.29, 1.82) is 0 Å². The van der Waals surface area contributed by atoms with Crippen LogP contribution in [0.1, 0.15) is 36.1 Å². The molecule has 2 aromatic rings. The Morgan fingerprint density at radius 1 is 1.03 bits per heavy atom. The van der Waals surface area contributed by atoms with E-state index in [1.165, 1.54) is 11.1 Å². The van der Waals surface area contributed by atoms with Crippen molar-refractivity contribution in [3.05, 3.63) is 94.3 Å². The van der Waals surface area contributed by atoms with Crippen LogP contribution in [0.2, 0.25) is 0 Å². The molecule has 0 amide bonds. The van der Waals surface area contributed by atoms with Gasteiger partial charge in [-0.3, -0.25) is 4.90 Å². The number of nitrogens with one attached hydrogen (secondary N) is 2. The van der Waals surface area contributed by atoms with Crippen LogP contribution in [0.3, 0.4) is 0 Å². The molecule has 0 spiro atoms. The summed E-state index contributed by atoms with van der Waals surface area (Å²) in [6.07, 6.45) is 2.67. The minimum Gasteiger partial charge on any atom is -0.379 e. The second-order valence-corrected chi connectivity index (χ2v) is 9.13. The van der Waals surface area contributed by atoms with Crippen LogP contribution < -0.4 is 10.6 Å². The van der Waals surface area contributed by atoms with Gasteiger partial charge in [0.15, 0.2) is 0 Å². The van der Waals surface area contributed by atoms with Crippen LogP contribution in [0.5, 0.6) is 0 Å². The third-order valence-corrected chi connectivity index (χ3v) is 6.56. The van der Waals surface area contributed by atoms with E-state index in [2.05, 4.69) is 101 Å². The van der Waals surface area contributed by atoms with Crippen LogP contribution in [0.15, 0.2) is 77.1 Å². The zero-order chi connectivity index (χ0) is 24.5. The molecular weight excluding hydrogens is 432 g/mol. The molecule has 4 rings (SSSR count). The third kappa shape index (κ3) is 7.16. The lowest BCUT2D eigenvalue weighted by atomic mass is 9.92. The van der Waals surface area contributed by atoms with Crippen LogP contribution in [-0.4, -0.2) is 50.6 Å². The summed E-state index contributed by atoms with van der Waals surface area (Å²) < 4.78 is 5.43. The molecule has 0 bridgehead atoms. The van der Waals surface area contributed by atoms with E-state index < -0.39 is 0 Å². The fourth-order valence-corrected chi connectivity index (χ4v) is 4.40. The van der Waals surface area contributed by atoms with Gasteiger partial charge in [0.05, 0.1) is 25.2 Å². The molecule has 1 fully saturated rings. The van der Waals surface area contributed by atoms with Crippen LogP contribution in [0, 0.1) is 17.8 Å². The molecule has 182 valence electrons. The summed E-state index contributed by atoms with van der Waals surface area (Å²) in [4.78, 5) is 7.07. The molecule has 1 saturated heterocycles. The maximum Gasteiger partial charge on any atom is 0.0926 e. The summed E-state index contributed by atoms with van der Waals surface area (Å²) >= 11 is 0. The highest BCUT2D eigenvalue weighted by Crippen LogP contribution is 2.25. The maximum absolute atomic E-state index is 5.43. The number of benzene rings is 2. The van der Waals surface area contributed by atoms with E-state index in [1.807, 2.05) is 0 Å². The fourth-order valence-electron chi connectivity index (χ4n) is 4.40. The predicted octanol–water partition coefficient (Wildman–Crippen LogP) is 4.11. The molecule has 2 aliphatic rings. The van der Waals surface area contributed by atoms with E-state index in [-0.39, 0.29) is 5.92 Å². The molecule has 5 heteroatoms. The monoisotopic (exact) mass is 468 g/mol. The van der Waals surface area contributed by atoms with Gasteiger partial charge in [0.2, 0.25) is 0 Å². The topological polar surface area (TPSA) is 48.9 Å². The van der Waals surface area contributed by atoms with E-state index in [1.54, 1.807) is 6.34 Å². The Morgan fingerprint density at radius 2 is 1.66 bits per heavy atom. The first-order valence-corrected chi connectivity index (χ1v) is 12.5. The Labute approximate surface area is 210 Å². The highest BCUT2D eigenvalue weighted by atomic mass is 16.5. The van der Waals surface area contributed by atoms with Crippen molar-refractivity contribution in [2.75, 3.05) is 39.4 Å². The van der Waals surface area contributed by atoms with Gasteiger partial charge < -0.3 is 15.4 Å². The maximum atomic E-state index is 5.43. The van der Waals surface area contributed by atoms with Gasteiger partial charge >= 0.3 is 0 Å². The molecule has 2 N–H and O–H groups in total. The van der Waals surface area contributed by atoms with Crippen molar-refractivity contribution in [2.45, 2.75) is 26.8 Å². The molecule has 0 aromatic heterocycles. The Kier molecular flexibility index (Phi) is 8.91. The van der Waals surface area contributed by atoms with Crippen molar-refractivity contribution in [3.63, 3.8) is 0 Å². The lowest BCUT2D eigenvalue weighted by Gasteiger charge is -2.26. The quantitative estimate of drug-likeness (QED) is 0.573. The van der Waals surface area contributed by atoms with Crippen molar-refractivity contribution in [2.24, 2.45) is 10.9 Å². The minimum absolute atomic E-state index is 0.290.